The van der Waals surface area contributed by atoms with Crippen molar-refractivity contribution < 1.29 is 4.79 Å². The van der Waals surface area contributed by atoms with Crippen molar-refractivity contribution in [1.82, 2.24) is 25.2 Å². The van der Waals surface area contributed by atoms with E-state index in [1.807, 2.05) is 29.9 Å². The van der Waals surface area contributed by atoms with Crippen molar-refractivity contribution in [1.29, 1.82) is 0 Å². The zero-order chi connectivity index (χ0) is 24.9. The molecule has 1 unspecified atom stereocenters. The highest BCUT2D eigenvalue weighted by molar-refractivity contribution is 7.07. The number of fused-ring (bicyclic) bond motifs is 1. The summed E-state index contributed by atoms with van der Waals surface area (Å²) in [5.41, 5.74) is 7.86. The molecule has 0 aliphatic heterocycles. The standard InChI is InChI=1S/C27H25Cl2N5OS/c28-22-12-30-13-23(29)25(22)27(35)32-11-18-4-1-5-19(10-18)14-34(15-21-16-36-17-33-21)24-8-2-6-20-7-3-9-31-26(20)24/h1,3-5,7,9-10,12-13,16-17,24H,2,6,8,11,14-15H2,(H,32,35). The summed E-state index contributed by atoms with van der Waals surface area (Å²) in [6.07, 6.45) is 8.00. The Hall–Kier alpha value is -2.84. The summed E-state index contributed by atoms with van der Waals surface area (Å²) < 4.78 is 0. The van der Waals surface area contributed by atoms with E-state index in [4.69, 9.17) is 28.2 Å². The molecule has 1 aliphatic carbocycles. The first kappa shape index (κ1) is 24.8. The number of nitrogens with one attached hydrogen (secondary N) is 1. The van der Waals surface area contributed by atoms with Gasteiger partial charge in [0.15, 0.2) is 0 Å². The smallest absolute Gasteiger partial charge is 0.254 e. The second-order valence-electron chi connectivity index (χ2n) is 8.82. The van der Waals surface area contributed by atoms with Crippen LogP contribution in [0.5, 0.6) is 0 Å². The third kappa shape index (κ3) is 5.76. The third-order valence-electron chi connectivity index (χ3n) is 6.37. The number of rotatable bonds is 8. The molecule has 6 nitrogen and oxygen atoms in total. The average Bonchev–Trinajstić information content (AvgIpc) is 3.40. The molecule has 1 aliphatic rings. The Morgan fingerprint density at radius 2 is 1.92 bits per heavy atom. The van der Waals surface area contributed by atoms with Gasteiger partial charge in [-0.15, -0.1) is 11.3 Å². The van der Waals surface area contributed by atoms with Gasteiger partial charge in [-0.1, -0.05) is 53.5 Å². The van der Waals surface area contributed by atoms with Crippen molar-refractivity contribution in [3.63, 3.8) is 0 Å². The minimum Gasteiger partial charge on any atom is -0.348 e. The summed E-state index contributed by atoms with van der Waals surface area (Å²) in [6.45, 7) is 1.87. The molecule has 0 spiro atoms. The van der Waals surface area contributed by atoms with Gasteiger partial charge >= 0.3 is 0 Å². The van der Waals surface area contributed by atoms with E-state index in [2.05, 4.69) is 43.8 Å². The lowest BCUT2D eigenvalue weighted by Gasteiger charge is -2.34. The van der Waals surface area contributed by atoms with E-state index in [0.717, 1.165) is 43.6 Å². The van der Waals surface area contributed by atoms with Gasteiger partial charge in [-0.2, -0.15) is 0 Å². The first-order valence-electron chi connectivity index (χ1n) is 11.8. The lowest BCUT2D eigenvalue weighted by atomic mass is 9.90. The Morgan fingerprint density at radius 1 is 1.08 bits per heavy atom. The normalized spacial score (nSPS) is 15.0. The maximum Gasteiger partial charge on any atom is 0.254 e. The van der Waals surface area contributed by atoms with Crippen LogP contribution in [-0.4, -0.2) is 25.8 Å². The van der Waals surface area contributed by atoms with Gasteiger partial charge in [-0.3, -0.25) is 19.7 Å². The van der Waals surface area contributed by atoms with Crippen LogP contribution in [0.3, 0.4) is 0 Å². The molecule has 5 rings (SSSR count). The predicted molar refractivity (Wildman–Crippen MR) is 143 cm³/mol. The highest BCUT2D eigenvalue weighted by atomic mass is 35.5. The van der Waals surface area contributed by atoms with E-state index >= 15 is 0 Å². The summed E-state index contributed by atoms with van der Waals surface area (Å²) >= 11 is 13.9. The van der Waals surface area contributed by atoms with Crippen LogP contribution in [0, 0.1) is 0 Å². The van der Waals surface area contributed by atoms with Crippen molar-refractivity contribution in [2.45, 2.75) is 44.9 Å². The van der Waals surface area contributed by atoms with Crippen molar-refractivity contribution >= 4 is 40.4 Å². The minimum atomic E-state index is -0.326. The monoisotopic (exact) mass is 537 g/mol. The number of thiazole rings is 1. The maximum atomic E-state index is 12.7. The number of aryl methyl sites for hydroxylation is 1. The van der Waals surface area contributed by atoms with Crippen molar-refractivity contribution in [3.8, 4) is 0 Å². The highest BCUT2D eigenvalue weighted by Gasteiger charge is 2.28. The Morgan fingerprint density at radius 3 is 2.72 bits per heavy atom. The molecule has 0 radical (unpaired) electrons. The lowest BCUT2D eigenvalue weighted by Crippen LogP contribution is -2.31. The molecule has 3 aromatic heterocycles. The molecule has 184 valence electrons. The first-order chi connectivity index (χ1) is 17.6. The van der Waals surface area contributed by atoms with Gasteiger partial charge in [0.05, 0.1) is 38.5 Å². The molecule has 0 bridgehead atoms. The minimum absolute atomic E-state index is 0.229. The fourth-order valence-electron chi connectivity index (χ4n) is 4.71. The van der Waals surface area contributed by atoms with Crippen molar-refractivity contribution in [3.05, 3.63) is 110 Å². The maximum absolute atomic E-state index is 12.7. The van der Waals surface area contributed by atoms with Crippen LogP contribution in [0.15, 0.2) is 65.9 Å². The molecule has 0 fully saturated rings. The SMILES string of the molecule is O=C(NCc1cccc(CN(Cc2cscn2)C2CCCc3cccnc32)c1)c1c(Cl)cncc1Cl. The van der Waals surface area contributed by atoms with Gasteiger partial charge < -0.3 is 5.32 Å². The number of aromatic nitrogens is 3. The van der Waals surface area contributed by atoms with Crippen molar-refractivity contribution in [2.24, 2.45) is 0 Å². The van der Waals surface area contributed by atoms with E-state index in [1.165, 1.54) is 29.2 Å². The second-order valence-corrected chi connectivity index (χ2v) is 10.4. The number of hydrogen-bond donors (Lipinski definition) is 1. The summed E-state index contributed by atoms with van der Waals surface area (Å²) in [6, 6.07) is 12.7. The second kappa shape index (κ2) is 11.5. The molecule has 0 saturated carbocycles. The zero-order valence-electron chi connectivity index (χ0n) is 19.5. The molecule has 1 aromatic carbocycles. The zero-order valence-corrected chi connectivity index (χ0v) is 21.9. The molecule has 3 heterocycles. The lowest BCUT2D eigenvalue weighted by molar-refractivity contribution is 0.0951. The molecule has 4 aromatic rings. The number of carbonyl (C=O) groups is 1. The van der Waals surface area contributed by atoms with E-state index < -0.39 is 0 Å². The molecular formula is C27H25Cl2N5OS. The van der Waals surface area contributed by atoms with Crippen molar-refractivity contribution in [2.75, 3.05) is 0 Å². The number of amides is 1. The Bertz CT molecular complexity index is 1330. The summed E-state index contributed by atoms with van der Waals surface area (Å²) in [7, 11) is 0. The highest BCUT2D eigenvalue weighted by Crippen LogP contribution is 2.34. The Balaban J connectivity index is 1.33. The summed E-state index contributed by atoms with van der Waals surface area (Å²) in [4.78, 5) is 28.4. The summed E-state index contributed by atoms with van der Waals surface area (Å²) in [5, 5.41) is 5.49. The van der Waals surface area contributed by atoms with Crippen LogP contribution >= 0.6 is 34.5 Å². The number of halogens is 2. The molecule has 0 saturated heterocycles. The van der Waals surface area contributed by atoms with Gasteiger partial charge in [0.1, 0.15) is 0 Å². The van der Waals surface area contributed by atoms with Crippen LogP contribution in [0.2, 0.25) is 10.0 Å². The third-order valence-corrected chi connectivity index (χ3v) is 7.57. The van der Waals surface area contributed by atoms with Gasteiger partial charge in [0.25, 0.3) is 5.91 Å². The topological polar surface area (TPSA) is 71.0 Å². The summed E-state index contributed by atoms with van der Waals surface area (Å²) in [5.74, 6) is -0.326. The van der Waals surface area contributed by atoms with Gasteiger partial charge in [-0.05, 0) is 42.0 Å². The molecule has 1 N–H and O–H groups in total. The largest absolute Gasteiger partial charge is 0.348 e. The van der Waals surface area contributed by atoms with Crippen LogP contribution in [0.4, 0.5) is 0 Å². The van der Waals surface area contributed by atoms with E-state index in [-0.39, 0.29) is 27.6 Å². The number of hydrogen-bond acceptors (Lipinski definition) is 6. The fraction of sp³-hybridized carbons (Fsp3) is 0.259. The van der Waals surface area contributed by atoms with Gasteiger partial charge in [0, 0.05) is 43.6 Å². The molecular weight excluding hydrogens is 513 g/mol. The van der Waals surface area contributed by atoms with Crippen LogP contribution < -0.4 is 5.32 Å². The number of benzene rings is 1. The van der Waals surface area contributed by atoms with Crippen LogP contribution in [-0.2, 0) is 26.1 Å². The predicted octanol–water partition coefficient (Wildman–Crippen LogP) is 6.25. The number of pyridine rings is 2. The fourth-order valence-corrected chi connectivity index (χ4v) is 5.80. The van der Waals surface area contributed by atoms with E-state index in [0.29, 0.717) is 6.54 Å². The molecule has 9 heteroatoms. The average molecular weight is 539 g/mol. The molecule has 36 heavy (non-hydrogen) atoms. The van der Waals surface area contributed by atoms with Crippen LogP contribution in [0.25, 0.3) is 0 Å². The van der Waals surface area contributed by atoms with E-state index in [9.17, 15) is 4.79 Å². The number of carbonyl (C=O) groups excluding carboxylic acids is 1. The number of nitrogens with zero attached hydrogens (tertiary/aromatic N) is 4. The molecule has 1 amide bonds. The van der Waals surface area contributed by atoms with Crippen LogP contribution in [0.1, 0.15) is 57.3 Å². The Kier molecular flexibility index (Phi) is 7.92. The van der Waals surface area contributed by atoms with Gasteiger partial charge in [0.2, 0.25) is 0 Å². The first-order valence-corrected chi connectivity index (χ1v) is 13.5. The Labute approximate surface area is 224 Å². The quantitative estimate of drug-likeness (QED) is 0.287. The molecule has 1 atom stereocenters. The van der Waals surface area contributed by atoms with Gasteiger partial charge in [-0.25, -0.2) is 4.98 Å². The van der Waals surface area contributed by atoms with E-state index in [1.54, 1.807) is 11.3 Å².